The fourth-order valence-corrected chi connectivity index (χ4v) is 4.70. The van der Waals surface area contributed by atoms with Gasteiger partial charge in [0.15, 0.2) is 0 Å². The van der Waals surface area contributed by atoms with Gasteiger partial charge in [0.25, 0.3) is 0 Å². The summed E-state index contributed by atoms with van der Waals surface area (Å²) in [5, 5.41) is 2.95. The van der Waals surface area contributed by atoms with E-state index in [4.69, 9.17) is 0 Å². The molecule has 2 fully saturated rings. The van der Waals surface area contributed by atoms with E-state index in [9.17, 15) is 14.0 Å². The van der Waals surface area contributed by atoms with Crippen molar-refractivity contribution in [3.05, 3.63) is 35.6 Å². The fraction of sp³-hybridized carbons (Fsp3) is 0.652. The third-order valence-corrected chi connectivity index (χ3v) is 6.45. The van der Waals surface area contributed by atoms with Crippen LogP contribution in [-0.2, 0) is 16.0 Å². The Kier molecular flexibility index (Phi) is 7.64. The summed E-state index contributed by atoms with van der Waals surface area (Å²) >= 11 is 0. The van der Waals surface area contributed by atoms with Gasteiger partial charge < -0.3 is 10.2 Å². The number of piperidine rings is 2. The first kappa shape index (κ1) is 21.8. The lowest BCUT2D eigenvalue weighted by Crippen LogP contribution is -2.52. The number of nitrogens with one attached hydrogen (secondary N) is 1. The lowest BCUT2D eigenvalue weighted by molar-refractivity contribution is -0.139. The Hall–Kier alpha value is -1.95. The maximum Gasteiger partial charge on any atom is 0.237 e. The standard InChI is InChI=1S/C23H34FN3O2/c1-17-6-5-7-18(2)27(17)22(28)16-26-14-11-20(12-15-26)23(29)25-13-10-19-8-3-4-9-21(19)24/h3-4,8-9,17-18,20H,5-7,10-16H2,1-2H3,(H,25,29)/t17-,18+. The fourth-order valence-electron chi connectivity index (χ4n) is 4.70. The number of likely N-dealkylation sites (tertiary alicyclic amines) is 2. The van der Waals surface area contributed by atoms with Crippen LogP contribution in [-0.4, -0.2) is 59.9 Å². The van der Waals surface area contributed by atoms with Crippen LogP contribution in [0.15, 0.2) is 24.3 Å². The van der Waals surface area contributed by atoms with Crippen molar-refractivity contribution in [1.29, 1.82) is 0 Å². The van der Waals surface area contributed by atoms with Crippen LogP contribution in [0.25, 0.3) is 0 Å². The molecule has 0 aliphatic carbocycles. The summed E-state index contributed by atoms with van der Waals surface area (Å²) < 4.78 is 13.6. The van der Waals surface area contributed by atoms with Crippen molar-refractivity contribution in [3.8, 4) is 0 Å². The maximum atomic E-state index is 13.6. The highest BCUT2D eigenvalue weighted by molar-refractivity contribution is 5.80. The van der Waals surface area contributed by atoms with E-state index in [1.54, 1.807) is 12.1 Å². The van der Waals surface area contributed by atoms with Crippen LogP contribution in [0.4, 0.5) is 4.39 Å². The van der Waals surface area contributed by atoms with Crippen molar-refractivity contribution < 1.29 is 14.0 Å². The molecule has 0 saturated carbocycles. The second kappa shape index (κ2) is 10.2. The van der Waals surface area contributed by atoms with Gasteiger partial charge in [0.2, 0.25) is 11.8 Å². The number of hydrogen-bond donors (Lipinski definition) is 1. The molecule has 0 aromatic heterocycles. The van der Waals surface area contributed by atoms with Crippen molar-refractivity contribution in [2.45, 2.75) is 64.5 Å². The number of benzene rings is 1. The maximum absolute atomic E-state index is 13.6. The van der Waals surface area contributed by atoms with Crippen molar-refractivity contribution in [3.63, 3.8) is 0 Å². The first-order valence-corrected chi connectivity index (χ1v) is 11.0. The van der Waals surface area contributed by atoms with Crippen LogP contribution >= 0.6 is 0 Å². The Morgan fingerprint density at radius 1 is 1.07 bits per heavy atom. The number of halogens is 1. The Bertz CT molecular complexity index is 693. The second-order valence-electron chi connectivity index (χ2n) is 8.61. The molecule has 1 aromatic carbocycles. The number of nitrogens with zero attached hydrogens (tertiary/aromatic N) is 2. The zero-order valence-electron chi connectivity index (χ0n) is 17.7. The van der Waals surface area contributed by atoms with Crippen LogP contribution in [0.2, 0.25) is 0 Å². The minimum Gasteiger partial charge on any atom is -0.356 e. The Balaban J connectivity index is 1.39. The molecule has 0 radical (unpaired) electrons. The normalized spacial score (nSPS) is 23.8. The van der Waals surface area contributed by atoms with Gasteiger partial charge in [-0.05, 0) is 77.1 Å². The van der Waals surface area contributed by atoms with Gasteiger partial charge in [-0.25, -0.2) is 4.39 Å². The van der Waals surface area contributed by atoms with E-state index < -0.39 is 0 Å². The summed E-state index contributed by atoms with van der Waals surface area (Å²) in [6, 6.07) is 7.32. The first-order valence-electron chi connectivity index (χ1n) is 11.0. The zero-order chi connectivity index (χ0) is 20.8. The lowest BCUT2D eigenvalue weighted by atomic mass is 9.95. The van der Waals surface area contributed by atoms with Gasteiger partial charge in [-0.15, -0.1) is 0 Å². The van der Waals surface area contributed by atoms with Gasteiger partial charge in [0, 0.05) is 24.5 Å². The molecular formula is C23H34FN3O2. The van der Waals surface area contributed by atoms with E-state index in [-0.39, 0.29) is 23.5 Å². The zero-order valence-corrected chi connectivity index (χ0v) is 17.7. The van der Waals surface area contributed by atoms with E-state index in [1.807, 2.05) is 6.07 Å². The smallest absolute Gasteiger partial charge is 0.237 e. The Morgan fingerprint density at radius 3 is 2.38 bits per heavy atom. The molecule has 2 saturated heterocycles. The van der Waals surface area contributed by atoms with Gasteiger partial charge in [0.05, 0.1) is 6.54 Å². The summed E-state index contributed by atoms with van der Waals surface area (Å²) in [4.78, 5) is 29.5. The molecule has 2 aliphatic rings. The van der Waals surface area contributed by atoms with Gasteiger partial charge >= 0.3 is 0 Å². The summed E-state index contributed by atoms with van der Waals surface area (Å²) in [5.41, 5.74) is 0.627. The van der Waals surface area contributed by atoms with E-state index in [0.717, 1.165) is 38.8 Å². The number of rotatable bonds is 6. The largest absolute Gasteiger partial charge is 0.356 e. The summed E-state index contributed by atoms with van der Waals surface area (Å²) in [6.45, 7) is 6.73. The van der Waals surface area contributed by atoms with Crippen molar-refractivity contribution in [2.24, 2.45) is 5.92 Å². The highest BCUT2D eigenvalue weighted by atomic mass is 19.1. The summed E-state index contributed by atoms with van der Waals surface area (Å²) in [6.07, 6.45) is 5.41. The molecule has 0 bridgehead atoms. The molecular weight excluding hydrogens is 369 g/mol. The highest BCUT2D eigenvalue weighted by Gasteiger charge is 2.31. The van der Waals surface area contributed by atoms with Gasteiger partial charge in [-0.1, -0.05) is 18.2 Å². The van der Waals surface area contributed by atoms with Crippen LogP contribution < -0.4 is 5.32 Å². The van der Waals surface area contributed by atoms with Gasteiger partial charge in [-0.2, -0.15) is 0 Å². The van der Waals surface area contributed by atoms with Crippen LogP contribution in [0.5, 0.6) is 0 Å². The molecule has 2 atom stereocenters. The molecule has 29 heavy (non-hydrogen) atoms. The second-order valence-corrected chi connectivity index (χ2v) is 8.61. The third kappa shape index (κ3) is 5.78. The van der Waals surface area contributed by atoms with Crippen LogP contribution in [0.1, 0.15) is 51.5 Å². The highest BCUT2D eigenvalue weighted by Crippen LogP contribution is 2.24. The quantitative estimate of drug-likeness (QED) is 0.795. The molecule has 1 aromatic rings. The molecule has 2 heterocycles. The Morgan fingerprint density at radius 2 is 1.72 bits per heavy atom. The van der Waals surface area contributed by atoms with Crippen molar-refractivity contribution >= 4 is 11.8 Å². The SMILES string of the molecule is C[C@@H]1CCC[C@H](C)N1C(=O)CN1CCC(C(=O)NCCc2ccccc2F)CC1. The minimum atomic E-state index is -0.225. The third-order valence-electron chi connectivity index (χ3n) is 6.45. The molecule has 160 valence electrons. The van der Waals surface area contributed by atoms with Crippen LogP contribution in [0.3, 0.4) is 0 Å². The predicted octanol–water partition coefficient (Wildman–Crippen LogP) is 2.99. The minimum absolute atomic E-state index is 0.0187. The summed E-state index contributed by atoms with van der Waals surface area (Å²) in [5.74, 6) is 0.0231. The number of carbonyl (C=O) groups excluding carboxylic acids is 2. The predicted molar refractivity (Wildman–Crippen MR) is 112 cm³/mol. The molecule has 5 nitrogen and oxygen atoms in total. The van der Waals surface area contributed by atoms with Crippen molar-refractivity contribution in [1.82, 2.24) is 15.1 Å². The molecule has 3 rings (SSSR count). The molecule has 0 unspecified atom stereocenters. The molecule has 6 heteroatoms. The Labute approximate surface area is 173 Å². The molecule has 2 amide bonds. The number of amides is 2. The van der Waals surface area contributed by atoms with Crippen molar-refractivity contribution in [2.75, 3.05) is 26.2 Å². The lowest BCUT2D eigenvalue weighted by Gasteiger charge is -2.41. The average Bonchev–Trinajstić information content (AvgIpc) is 2.70. The van der Waals surface area contributed by atoms with E-state index in [1.165, 1.54) is 12.5 Å². The topological polar surface area (TPSA) is 52.7 Å². The van der Waals surface area contributed by atoms with Crippen LogP contribution in [0, 0.1) is 11.7 Å². The van der Waals surface area contributed by atoms with E-state index in [0.29, 0.717) is 37.2 Å². The van der Waals surface area contributed by atoms with Gasteiger partial charge in [0.1, 0.15) is 5.82 Å². The first-order chi connectivity index (χ1) is 14.0. The molecule has 1 N–H and O–H groups in total. The average molecular weight is 404 g/mol. The molecule has 2 aliphatic heterocycles. The number of hydrogen-bond acceptors (Lipinski definition) is 3. The van der Waals surface area contributed by atoms with Gasteiger partial charge in [-0.3, -0.25) is 14.5 Å². The monoisotopic (exact) mass is 403 g/mol. The van der Waals surface area contributed by atoms with E-state index >= 15 is 0 Å². The number of carbonyl (C=O) groups is 2. The molecule has 0 spiro atoms. The summed E-state index contributed by atoms with van der Waals surface area (Å²) in [7, 11) is 0. The van der Waals surface area contributed by atoms with E-state index in [2.05, 4.69) is 29.0 Å².